The van der Waals surface area contributed by atoms with Crippen molar-refractivity contribution in [3.8, 4) is 17.2 Å². The van der Waals surface area contributed by atoms with Crippen LogP contribution in [0.1, 0.15) is 11.3 Å². The third-order valence-electron chi connectivity index (χ3n) is 2.72. The summed E-state index contributed by atoms with van der Waals surface area (Å²) in [6, 6.07) is 1.26. The van der Waals surface area contributed by atoms with Crippen LogP contribution in [0, 0.1) is 0 Å². The van der Waals surface area contributed by atoms with Crippen molar-refractivity contribution < 1.29 is 25.2 Å². The van der Waals surface area contributed by atoms with Crippen molar-refractivity contribution in [2.45, 2.75) is 13.2 Å². The summed E-state index contributed by atoms with van der Waals surface area (Å²) in [6.45, 7) is -0.693. The average Bonchev–Trinajstić information content (AvgIpc) is 2.72. The van der Waals surface area contributed by atoms with Gasteiger partial charge in [-0.3, -0.25) is 0 Å². The molecule has 0 unspecified atom stereocenters. The highest BCUT2D eigenvalue weighted by Gasteiger charge is 2.19. The Balaban J connectivity index is 2.88. The number of ether oxygens (including phenoxy) is 1. The van der Waals surface area contributed by atoms with Crippen molar-refractivity contribution in [3.63, 3.8) is 0 Å². The maximum absolute atomic E-state index is 9.95. The summed E-state index contributed by atoms with van der Waals surface area (Å²) in [5.74, 6) is -0.197. The lowest BCUT2D eigenvalue weighted by Gasteiger charge is -2.06. The van der Waals surface area contributed by atoms with Crippen LogP contribution >= 0.6 is 0 Å². The number of rotatable bonds is 3. The van der Waals surface area contributed by atoms with Crippen molar-refractivity contribution >= 4 is 10.9 Å². The number of nitrogens with one attached hydrogen (secondary N) is 1. The topological polar surface area (TPSA) is 106 Å². The third kappa shape index (κ3) is 1.58. The normalized spacial score (nSPS) is 11.0. The molecule has 0 saturated heterocycles. The number of aliphatic hydroxyl groups excluding tert-OH is 2. The first-order valence-corrected chi connectivity index (χ1v) is 4.98. The third-order valence-corrected chi connectivity index (χ3v) is 2.72. The maximum atomic E-state index is 9.95. The molecule has 6 heteroatoms. The molecule has 0 aliphatic rings. The van der Waals surface area contributed by atoms with Gasteiger partial charge < -0.3 is 30.1 Å². The first-order valence-electron chi connectivity index (χ1n) is 4.98. The Hall–Kier alpha value is -1.92. The number of fused-ring (bicyclic) bond motifs is 1. The van der Waals surface area contributed by atoms with E-state index in [0.717, 1.165) is 0 Å². The molecule has 0 aliphatic heterocycles. The quantitative estimate of drug-likeness (QED) is 0.503. The number of H-pyrrole nitrogens is 1. The predicted molar refractivity (Wildman–Crippen MR) is 60.0 cm³/mol. The number of aromatic amines is 1. The molecular weight excluding hydrogens is 226 g/mol. The molecule has 2 aromatic rings. The fourth-order valence-corrected chi connectivity index (χ4v) is 1.90. The summed E-state index contributed by atoms with van der Waals surface area (Å²) in [4.78, 5) is 2.75. The zero-order chi connectivity index (χ0) is 12.6. The van der Waals surface area contributed by atoms with E-state index in [4.69, 9.17) is 9.84 Å². The van der Waals surface area contributed by atoms with Crippen LogP contribution in [0.15, 0.2) is 6.07 Å². The number of hydrogen-bond acceptors (Lipinski definition) is 5. The van der Waals surface area contributed by atoms with Gasteiger partial charge in [-0.2, -0.15) is 0 Å². The van der Waals surface area contributed by atoms with Crippen LogP contribution in [-0.4, -0.2) is 32.5 Å². The molecule has 0 atom stereocenters. The minimum Gasteiger partial charge on any atom is -0.506 e. The molecule has 0 bridgehead atoms. The largest absolute Gasteiger partial charge is 0.506 e. The molecule has 0 fully saturated rings. The fraction of sp³-hybridized carbons (Fsp3) is 0.273. The Morgan fingerprint density at radius 1 is 1.24 bits per heavy atom. The smallest absolute Gasteiger partial charge is 0.167 e. The van der Waals surface area contributed by atoms with E-state index in [2.05, 4.69) is 4.98 Å². The zero-order valence-electron chi connectivity index (χ0n) is 9.19. The van der Waals surface area contributed by atoms with Gasteiger partial charge in [0.15, 0.2) is 11.5 Å². The second-order valence-electron chi connectivity index (χ2n) is 3.59. The highest BCUT2D eigenvalue weighted by Crippen LogP contribution is 2.42. The number of aromatic nitrogens is 1. The summed E-state index contributed by atoms with van der Waals surface area (Å²) in [5, 5.41) is 38.3. The number of hydrogen-bond donors (Lipinski definition) is 5. The van der Waals surface area contributed by atoms with Crippen molar-refractivity contribution in [3.05, 3.63) is 17.3 Å². The molecule has 0 spiro atoms. The second-order valence-corrected chi connectivity index (χ2v) is 3.59. The molecular formula is C11H13NO5. The monoisotopic (exact) mass is 239 g/mol. The van der Waals surface area contributed by atoms with E-state index < -0.39 is 0 Å². The molecule has 1 heterocycles. The molecule has 6 nitrogen and oxygen atoms in total. The van der Waals surface area contributed by atoms with Gasteiger partial charge in [0.2, 0.25) is 0 Å². The Kier molecular flexibility index (Phi) is 2.83. The van der Waals surface area contributed by atoms with E-state index in [0.29, 0.717) is 11.3 Å². The number of benzene rings is 1. The van der Waals surface area contributed by atoms with Gasteiger partial charge in [-0.1, -0.05) is 0 Å². The Labute approximate surface area is 96.7 Å². The van der Waals surface area contributed by atoms with E-state index in [1.54, 1.807) is 0 Å². The van der Waals surface area contributed by atoms with Crippen LogP contribution in [0.3, 0.4) is 0 Å². The summed E-state index contributed by atoms with van der Waals surface area (Å²) in [7, 11) is 1.36. The van der Waals surface area contributed by atoms with E-state index >= 15 is 0 Å². The second kappa shape index (κ2) is 4.15. The van der Waals surface area contributed by atoms with Gasteiger partial charge in [-0.25, -0.2) is 0 Å². The summed E-state index contributed by atoms with van der Waals surface area (Å²) in [5.41, 5.74) is 0.951. The summed E-state index contributed by atoms with van der Waals surface area (Å²) in [6.07, 6.45) is 0. The van der Waals surface area contributed by atoms with Gasteiger partial charge in [0.05, 0.1) is 31.2 Å². The SMILES string of the molecule is COc1cc(O)c2[nH]c(CO)c(CO)c2c1O. The standard InChI is InChI=1S/C11H13NO5/c1-17-8-2-7(15)10-9(11(8)16)5(3-13)6(4-14)12-10/h2,12-16H,3-4H2,1H3. The van der Waals surface area contributed by atoms with Crippen molar-refractivity contribution in [1.82, 2.24) is 4.98 Å². The Bertz CT molecular complexity index is 561. The van der Waals surface area contributed by atoms with Crippen LogP contribution in [-0.2, 0) is 13.2 Å². The Morgan fingerprint density at radius 3 is 2.47 bits per heavy atom. The van der Waals surface area contributed by atoms with E-state index in [1.807, 2.05) is 0 Å². The van der Waals surface area contributed by atoms with Gasteiger partial charge in [0.25, 0.3) is 0 Å². The first-order chi connectivity index (χ1) is 8.13. The van der Waals surface area contributed by atoms with Gasteiger partial charge in [-0.05, 0) is 0 Å². The van der Waals surface area contributed by atoms with Gasteiger partial charge in [-0.15, -0.1) is 0 Å². The fourth-order valence-electron chi connectivity index (χ4n) is 1.90. The van der Waals surface area contributed by atoms with Crippen LogP contribution in [0.5, 0.6) is 17.2 Å². The number of methoxy groups -OCH3 is 1. The zero-order valence-corrected chi connectivity index (χ0v) is 9.19. The van der Waals surface area contributed by atoms with E-state index in [9.17, 15) is 15.3 Å². The first kappa shape index (κ1) is 11.6. The predicted octanol–water partition coefficient (Wildman–Crippen LogP) is 0.572. The lowest BCUT2D eigenvalue weighted by molar-refractivity contribution is 0.258. The molecule has 0 radical (unpaired) electrons. The molecule has 17 heavy (non-hydrogen) atoms. The maximum Gasteiger partial charge on any atom is 0.167 e. The number of aliphatic hydroxyl groups is 2. The Morgan fingerprint density at radius 2 is 1.94 bits per heavy atom. The van der Waals surface area contributed by atoms with Gasteiger partial charge in [0.1, 0.15) is 5.75 Å². The average molecular weight is 239 g/mol. The van der Waals surface area contributed by atoms with Crippen LogP contribution in [0.2, 0.25) is 0 Å². The molecule has 1 aromatic heterocycles. The number of phenols is 2. The van der Waals surface area contributed by atoms with Crippen molar-refractivity contribution in [2.24, 2.45) is 0 Å². The lowest BCUT2D eigenvalue weighted by Crippen LogP contribution is -1.91. The summed E-state index contributed by atoms with van der Waals surface area (Å²) < 4.78 is 4.91. The molecule has 2 rings (SSSR count). The number of aromatic hydroxyl groups is 2. The molecule has 5 N–H and O–H groups in total. The van der Waals surface area contributed by atoms with E-state index in [-0.39, 0.29) is 41.4 Å². The molecule has 0 amide bonds. The minimum atomic E-state index is -0.365. The molecule has 0 saturated carbocycles. The van der Waals surface area contributed by atoms with Gasteiger partial charge in [0, 0.05) is 17.3 Å². The van der Waals surface area contributed by atoms with Crippen LogP contribution in [0.25, 0.3) is 10.9 Å². The van der Waals surface area contributed by atoms with Crippen molar-refractivity contribution in [1.29, 1.82) is 0 Å². The van der Waals surface area contributed by atoms with E-state index in [1.165, 1.54) is 13.2 Å². The summed E-state index contributed by atoms with van der Waals surface area (Å²) >= 11 is 0. The molecule has 0 aliphatic carbocycles. The van der Waals surface area contributed by atoms with Crippen LogP contribution in [0.4, 0.5) is 0 Å². The molecule has 1 aromatic carbocycles. The van der Waals surface area contributed by atoms with Crippen LogP contribution < -0.4 is 4.74 Å². The number of phenolic OH excluding ortho intramolecular Hbond substituents is 2. The highest BCUT2D eigenvalue weighted by atomic mass is 16.5. The lowest BCUT2D eigenvalue weighted by atomic mass is 10.1. The minimum absolute atomic E-state index is 0.105. The molecule has 92 valence electrons. The van der Waals surface area contributed by atoms with Crippen molar-refractivity contribution in [2.75, 3.05) is 7.11 Å². The highest BCUT2D eigenvalue weighted by molar-refractivity contribution is 5.96. The van der Waals surface area contributed by atoms with Gasteiger partial charge >= 0.3 is 0 Å².